The number of aryl methyl sites for hydroxylation is 1. The standard InChI is InChI=1S/C16H20N2O5S/c1-2-12-3-5-14(6-4-12)24(21,22)17-9-7-13(8-10-17)18-15(19)11-23-16(18)20/h3-6,13H,2,7-11H2,1H3. The second kappa shape index (κ2) is 6.52. The predicted octanol–water partition coefficient (Wildman–Crippen LogP) is 1.38. The van der Waals surface area contributed by atoms with E-state index in [-0.39, 0.29) is 36.5 Å². The van der Waals surface area contributed by atoms with Crippen molar-refractivity contribution in [1.82, 2.24) is 9.21 Å². The Labute approximate surface area is 141 Å². The molecule has 1 aromatic rings. The van der Waals surface area contributed by atoms with Gasteiger partial charge >= 0.3 is 6.09 Å². The van der Waals surface area contributed by atoms with Crippen molar-refractivity contribution in [2.45, 2.75) is 37.1 Å². The molecule has 2 fully saturated rings. The lowest BCUT2D eigenvalue weighted by molar-refractivity contribution is -0.127. The Hall–Kier alpha value is -1.93. The number of piperidine rings is 1. The Kier molecular flexibility index (Phi) is 4.60. The number of sulfonamides is 1. The Balaban J connectivity index is 1.69. The smallest absolute Gasteiger partial charge is 0.417 e. The maximum atomic E-state index is 12.7. The van der Waals surface area contributed by atoms with Crippen molar-refractivity contribution in [1.29, 1.82) is 0 Å². The van der Waals surface area contributed by atoms with Crippen LogP contribution in [0.4, 0.5) is 4.79 Å². The van der Waals surface area contributed by atoms with E-state index in [0.717, 1.165) is 16.9 Å². The molecule has 2 amide bonds. The molecule has 130 valence electrons. The molecule has 2 heterocycles. The normalized spacial score (nSPS) is 20.5. The maximum Gasteiger partial charge on any atom is 0.417 e. The molecule has 0 unspecified atom stereocenters. The van der Waals surface area contributed by atoms with Crippen LogP contribution in [0.2, 0.25) is 0 Å². The van der Waals surface area contributed by atoms with Gasteiger partial charge in [-0.25, -0.2) is 18.1 Å². The largest absolute Gasteiger partial charge is 0.439 e. The van der Waals surface area contributed by atoms with Crippen LogP contribution < -0.4 is 0 Å². The quantitative estimate of drug-likeness (QED) is 0.817. The summed E-state index contributed by atoms with van der Waals surface area (Å²) in [6, 6.07) is 6.60. The zero-order chi connectivity index (χ0) is 17.3. The minimum absolute atomic E-state index is 0.221. The third-order valence-corrected chi connectivity index (χ3v) is 6.46. The molecule has 3 rings (SSSR count). The van der Waals surface area contributed by atoms with Gasteiger partial charge in [-0.2, -0.15) is 4.31 Å². The SMILES string of the molecule is CCc1ccc(S(=O)(=O)N2CCC(N3C(=O)COC3=O)CC2)cc1. The highest BCUT2D eigenvalue weighted by atomic mass is 32.2. The molecular weight excluding hydrogens is 332 g/mol. The minimum atomic E-state index is -3.55. The Morgan fingerprint density at radius 1 is 1.12 bits per heavy atom. The van der Waals surface area contributed by atoms with E-state index in [0.29, 0.717) is 12.8 Å². The number of carbonyl (C=O) groups is 2. The van der Waals surface area contributed by atoms with Crippen LogP contribution in [0.3, 0.4) is 0 Å². The number of amides is 2. The molecule has 1 aromatic carbocycles. The van der Waals surface area contributed by atoms with Gasteiger partial charge in [0, 0.05) is 19.1 Å². The lowest BCUT2D eigenvalue weighted by Crippen LogP contribution is -2.48. The molecular formula is C16H20N2O5S. The third-order valence-electron chi connectivity index (χ3n) is 4.54. The molecule has 0 radical (unpaired) electrons. The van der Waals surface area contributed by atoms with Gasteiger partial charge in [-0.3, -0.25) is 4.79 Å². The van der Waals surface area contributed by atoms with E-state index in [9.17, 15) is 18.0 Å². The fourth-order valence-corrected chi connectivity index (χ4v) is 4.57. The average molecular weight is 352 g/mol. The molecule has 8 heteroatoms. The van der Waals surface area contributed by atoms with Crippen molar-refractivity contribution < 1.29 is 22.7 Å². The van der Waals surface area contributed by atoms with Gasteiger partial charge in [0.1, 0.15) is 0 Å². The Morgan fingerprint density at radius 3 is 2.25 bits per heavy atom. The molecule has 0 bridgehead atoms. The minimum Gasteiger partial charge on any atom is -0.439 e. The summed E-state index contributed by atoms with van der Waals surface area (Å²) in [5, 5.41) is 0. The molecule has 0 saturated carbocycles. The number of hydrogen-bond donors (Lipinski definition) is 0. The highest BCUT2D eigenvalue weighted by Gasteiger charge is 2.40. The molecule has 0 atom stereocenters. The lowest BCUT2D eigenvalue weighted by atomic mass is 10.1. The van der Waals surface area contributed by atoms with Crippen LogP contribution >= 0.6 is 0 Å². The van der Waals surface area contributed by atoms with Gasteiger partial charge in [-0.05, 0) is 37.0 Å². The second-order valence-electron chi connectivity index (χ2n) is 5.95. The van der Waals surface area contributed by atoms with Crippen LogP contribution in [-0.2, 0) is 26.0 Å². The summed E-state index contributed by atoms with van der Waals surface area (Å²) in [5.74, 6) is -0.350. The van der Waals surface area contributed by atoms with Gasteiger partial charge in [-0.1, -0.05) is 19.1 Å². The van der Waals surface area contributed by atoms with Crippen LogP contribution in [0.5, 0.6) is 0 Å². The summed E-state index contributed by atoms with van der Waals surface area (Å²) < 4.78 is 31.5. The molecule has 2 aliphatic heterocycles. The first-order chi connectivity index (χ1) is 11.4. The summed E-state index contributed by atoms with van der Waals surface area (Å²) in [4.78, 5) is 24.7. The number of carbonyl (C=O) groups excluding carboxylic acids is 2. The number of hydrogen-bond acceptors (Lipinski definition) is 5. The number of rotatable bonds is 4. The zero-order valence-electron chi connectivity index (χ0n) is 13.5. The fraction of sp³-hybridized carbons (Fsp3) is 0.500. The first kappa shape index (κ1) is 16.9. The number of ether oxygens (including phenoxy) is 1. The van der Waals surface area contributed by atoms with E-state index in [1.54, 1.807) is 12.1 Å². The van der Waals surface area contributed by atoms with Crippen molar-refractivity contribution in [3.8, 4) is 0 Å². The summed E-state index contributed by atoms with van der Waals surface area (Å²) in [6.07, 6.45) is 1.07. The molecule has 0 spiro atoms. The molecule has 0 N–H and O–H groups in total. The zero-order valence-corrected chi connectivity index (χ0v) is 14.3. The first-order valence-electron chi connectivity index (χ1n) is 8.01. The van der Waals surface area contributed by atoms with Gasteiger partial charge in [-0.15, -0.1) is 0 Å². The van der Waals surface area contributed by atoms with Crippen molar-refractivity contribution in [3.63, 3.8) is 0 Å². The lowest BCUT2D eigenvalue weighted by Gasteiger charge is -2.34. The van der Waals surface area contributed by atoms with Crippen molar-refractivity contribution in [3.05, 3.63) is 29.8 Å². The van der Waals surface area contributed by atoms with Crippen molar-refractivity contribution in [2.24, 2.45) is 0 Å². The van der Waals surface area contributed by atoms with Gasteiger partial charge in [0.2, 0.25) is 10.0 Å². The molecule has 0 aliphatic carbocycles. The van der Waals surface area contributed by atoms with E-state index >= 15 is 0 Å². The number of imide groups is 1. The fourth-order valence-electron chi connectivity index (χ4n) is 3.10. The van der Waals surface area contributed by atoms with Gasteiger partial charge < -0.3 is 4.74 Å². The van der Waals surface area contributed by atoms with E-state index < -0.39 is 16.1 Å². The van der Waals surface area contributed by atoms with Crippen LogP contribution in [0, 0.1) is 0 Å². The van der Waals surface area contributed by atoms with Gasteiger partial charge in [0.05, 0.1) is 4.90 Å². The Morgan fingerprint density at radius 2 is 1.75 bits per heavy atom. The topological polar surface area (TPSA) is 84.0 Å². The van der Waals surface area contributed by atoms with Crippen LogP contribution in [0.25, 0.3) is 0 Å². The van der Waals surface area contributed by atoms with Crippen molar-refractivity contribution in [2.75, 3.05) is 19.7 Å². The predicted molar refractivity (Wildman–Crippen MR) is 85.8 cm³/mol. The van der Waals surface area contributed by atoms with E-state index in [1.165, 1.54) is 4.31 Å². The van der Waals surface area contributed by atoms with Crippen molar-refractivity contribution >= 4 is 22.0 Å². The maximum absolute atomic E-state index is 12.7. The van der Waals surface area contributed by atoms with E-state index in [1.807, 2.05) is 19.1 Å². The average Bonchev–Trinajstić information content (AvgIpc) is 2.93. The van der Waals surface area contributed by atoms with Crippen LogP contribution in [0.1, 0.15) is 25.3 Å². The molecule has 2 aliphatic rings. The van der Waals surface area contributed by atoms with Crippen LogP contribution in [-0.4, -0.2) is 55.4 Å². The first-order valence-corrected chi connectivity index (χ1v) is 9.45. The highest BCUT2D eigenvalue weighted by molar-refractivity contribution is 7.89. The van der Waals surface area contributed by atoms with Crippen LogP contribution in [0.15, 0.2) is 29.2 Å². The summed E-state index contributed by atoms with van der Waals surface area (Å²) in [7, 11) is -3.55. The van der Waals surface area contributed by atoms with E-state index in [2.05, 4.69) is 0 Å². The monoisotopic (exact) mass is 352 g/mol. The van der Waals surface area contributed by atoms with Gasteiger partial charge in [0.25, 0.3) is 5.91 Å². The molecule has 0 aromatic heterocycles. The number of nitrogens with zero attached hydrogens (tertiary/aromatic N) is 2. The number of benzene rings is 1. The third kappa shape index (κ3) is 3.03. The molecule has 2 saturated heterocycles. The second-order valence-corrected chi connectivity index (χ2v) is 7.89. The summed E-state index contributed by atoms with van der Waals surface area (Å²) >= 11 is 0. The summed E-state index contributed by atoms with van der Waals surface area (Å²) in [6.45, 7) is 2.35. The van der Waals surface area contributed by atoms with Gasteiger partial charge in [0.15, 0.2) is 6.61 Å². The Bertz CT molecular complexity index is 720. The number of cyclic esters (lactones) is 1. The highest BCUT2D eigenvalue weighted by Crippen LogP contribution is 2.25. The summed E-state index contributed by atoms with van der Waals surface area (Å²) in [5.41, 5.74) is 1.08. The molecule has 7 nitrogen and oxygen atoms in total. The molecule has 24 heavy (non-hydrogen) atoms. The van der Waals surface area contributed by atoms with E-state index in [4.69, 9.17) is 4.74 Å².